The molecule has 1 unspecified atom stereocenters. The van der Waals surface area contributed by atoms with Crippen molar-refractivity contribution in [2.75, 3.05) is 0 Å². The van der Waals surface area contributed by atoms with E-state index in [1.54, 1.807) is 30.3 Å². The zero-order valence-electron chi connectivity index (χ0n) is 15.0. The first-order valence-corrected chi connectivity index (χ1v) is 8.85. The largest absolute Gasteiger partial charge is 0.481 e. The molecule has 1 aromatic carbocycles. The van der Waals surface area contributed by atoms with Crippen LogP contribution in [0.4, 0.5) is 4.39 Å². The Kier molecular flexibility index (Phi) is 7.24. The summed E-state index contributed by atoms with van der Waals surface area (Å²) < 4.78 is 18.9. The number of ketones is 1. The maximum Gasteiger partial charge on any atom is 0.338 e. The molecule has 2 N–H and O–H groups in total. The minimum absolute atomic E-state index is 0.0292. The number of rotatable bonds is 8. The quantitative estimate of drug-likeness (QED) is 0.533. The Morgan fingerprint density at radius 3 is 2.56 bits per heavy atom. The molecule has 1 saturated carbocycles. The number of aliphatic carboxylic acids is 1. The standard InChI is InChI=1S/C20H23FO6/c1-2-15(21)16(22)9-8-13-14(10-19(24)25)17(23)11-18(13)27-20(26)12-6-4-3-5-7-12/h3-9,13-15,17-18,23H,2,10-11H2,1H3,(H,24,25)/t13-,14-,15?,17+,18-/m0/s1. The van der Waals surface area contributed by atoms with Gasteiger partial charge in [0.05, 0.1) is 18.1 Å². The van der Waals surface area contributed by atoms with Gasteiger partial charge in [0, 0.05) is 18.3 Å². The molecule has 6 nitrogen and oxygen atoms in total. The highest BCUT2D eigenvalue weighted by Gasteiger charge is 2.44. The lowest BCUT2D eigenvalue weighted by Gasteiger charge is -2.21. The molecular formula is C20H23FO6. The fraction of sp³-hybridized carbons (Fsp3) is 0.450. The van der Waals surface area contributed by atoms with Crippen LogP contribution in [0.1, 0.15) is 36.5 Å². The predicted octanol–water partition coefficient (Wildman–Crippen LogP) is 2.56. The molecule has 5 atom stereocenters. The van der Waals surface area contributed by atoms with Gasteiger partial charge in [0.25, 0.3) is 0 Å². The van der Waals surface area contributed by atoms with Crippen molar-refractivity contribution in [3.63, 3.8) is 0 Å². The number of aliphatic hydroxyl groups is 1. The fourth-order valence-corrected chi connectivity index (χ4v) is 3.26. The second kappa shape index (κ2) is 9.41. The lowest BCUT2D eigenvalue weighted by molar-refractivity contribution is -0.139. The Hall–Kier alpha value is -2.54. The normalized spacial score (nSPS) is 26.0. The average Bonchev–Trinajstić information content (AvgIpc) is 2.93. The van der Waals surface area contributed by atoms with Crippen LogP contribution in [0, 0.1) is 11.8 Å². The Bertz CT molecular complexity index is 702. The Morgan fingerprint density at radius 2 is 1.96 bits per heavy atom. The highest BCUT2D eigenvalue weighted by Crippen LogP contribution is 2.38. The van der Waals surface area contributed by atoms with Gasteiger partial charge in [-0.25, -0.2) is 9.18 Å². The molecular weight excluding hydrogens is 355 g/mol. The molecule has 1 aliphatic rings. The van der Waals surface area contributed by atoms with E-state index >= 15 is 0 Å². The molecule has 0 radical (unpaired) electrons. The van der Waals surface area contributed by atoms with Crippen LogP contribution in [0.15, 0.2) is 42.5 Å². The first-order valence-electron chi connectivity index (χ1n) is 8.85. The lowest BCUT2D eigenvalue weighted by Crippen LogP contribution is -2.26. The van der Waals surface area contributed by atoms with Gasteiger partial charge in [-0.3, -0.25) is 9.59 Å². The van der Waals surface area contributed by atoms with Gasteiger partial charge in [-0.2, -0.15) is 0 Å². The first kappa shape index (κ1) is 20.8. The van der Waals surface area contributed by atoms with Crippen LogP contribution < -0.4 is 0 Å². The number of esters is 1. The van der Waals surface area contributed by atoms with Crippen LogP contribution in [0.3, 0.4) is 0 Å². The van der Waals surface area contributed by atoms with Crippen molar-refractivity contribution in [3.05, 3.63) is 48.0 Å². The van der Waals surface area contributed by atoms with Crippen LogP contribution in [0.25, 0.3) is 0 Å². The van der Waals surface area contributed by atoms with Gasteiger partial charge in [-0.1, -0.05) is 31.2 Å². The molecule has 146 valence electrons. The van der Waals surface area contributed by atoms with Crippen molar-refractivity contribution in [3.8, 4) is 0 Å². The molecule has 0 spiro atoms. The van der Waals surface area contributed by atoms with Crippen molar-refractivity contribution in [1.82, 2.24) is 0 Å². The van der Waals surface area contributed by atoms with Gasteiger partial charge < -0.3 is 14.9 Å². The SMILES string of the molecule is CCC(F)C(=O)C=C[C@H]1[C@H](CC(=O)O)[C@H](O)C[C@@H]1OC(=O)c1ccccc1. The number of ether oxygens (including phenoxy) is 1. The highest BCUT2D eigenvalue weighted by atomic mass is 19.1. The minimum Gasteiger partial charge on any atom is -0.481 e. The molecule has 27 heavy (non-hydrogen) atoms. The number of carbonyl (C=O) groups is 3. The number of carbonyl (C=O) groups excluding carboxylic acids is 2. The predicted molar refractivity (Wildman–Crippen MR) is 94.8 cm³/mol. The van der Waals surface area contributed by atoms with Crippen molar-refractivity contribution >= 4 is 17.7 Å². The topological polar surface area (TPSA) is 101 Å². The number of halogens is 1. The van der Waals surface area contributed by atoms with Gasteiger partial charge >= 0.3 is 11.9 Å². The van der Waals surface area contributed by atoms with Gasteiger partial charge in [-0.15, -0.1) is 0 Å². The van der Waals surface area contributed by atoms with Crippen LogP contribution in [0.5, 0.6) is 0 Å². The van der Waals surface area contributed by atoms with E-state index in [2.05, 4.69) is 0 Å². The summed E-state index contributed by atoms with van der Waals surface area (Å²) in [5.74, 6) is -3.89. The van der Waals surface area contributed by atoms with E-state index < -0.39 is 47.9 Å². The highest BCUT2D eigenvalue weighted by molar-refractivity contribution is 5.93. The van der Waals surface area contributed by atoms with E-state index in [0.717, 1.165) is 6.08 Å². The van der Waals surface area contributed by atoms with Gasteiger partial charge in [-0.05, 0) is 24.6 Å². The summed E-state index contributed by atoms with van der Waals surface area (Å²) in [6.45, 7) is 1.54. The van der Waals surface area contributed by atoms with Gasteiger partial charge in [0.15, 0.2) is 12.0 Å². The second-order valence-corrected chi connectivity index (χ2v) is 6.59. The number of carboxylic acid groups (broad SMARTS) is 1. The van der Waals surface area contributed by atoms with E-state index in [1.165, 1.54) is 13.0 Å². The monoisotopic (exact) mass is 378 g/mol. The molecule has 1 fully saturated rings. The summed E-state index contributed by atoms with van der Waals surface area (Å²) in [4.78, 5) is 35.2. The first-order chi connectivity index (χ1) is 12.8. The van der Waals surface area contributed by atoms with Gasteiger partial charge in [0.1, 0.15) is 6.10 Å². The van der Waals surface area contributed by atoms with Crippen molar-refractivity contribution in [2.45, 2.75) is 44.6 Å². The molecule has 0 aromatic heterocycles. The molecule has 1 aliphatic carbocycles. The molecule has 0 heterocycles. The zero-order valence-corrected chi connectivity index (χ0v) is 15.0. The third kappa shape index (κ3) is 5.47. The van der Waals surface area contributed by atoms with Crippen molar-refractivity contribution < 1.29 is 33.7 Å². The summed E-state index contributed by atoms with van der Waals surface area (Å²) in [6, 6.07) is 8.25. The summed E-state index contributed by atoms with van der Waals surface area (Å²) in [6.07, 6.45) is -1.32. The Balaban J connectivity index is 2.20. The summed E-state index contributed by atoms with van der Waals surface area (Å²) in [5.41, 5.74) is 0.322. The summed E-state index contributed by atoms with van der Waals surface area (Å²) >= 11 is 0. The number of hydrogen-bond donors (Lipinski definition) is 2. The van der Waals surface area contributed by atoms with E-state index in [1.807, 2.05) is 0 Å². The van der Waals surface area contributed by atoms with E-state index in [0.29, 0.717) is 5.56 Å². The molecule has 0 saturated heterocycles. The van der Waals surface area contributed by atoms with E-state index in [-0.39, 0.29) is 19.3 Å². The number of hydrogen-bond acceptors (Lipinski definition) is 5. The number of allylic oxidation sites excluding steroid dienone is 1. The maximum absolute atomic E-state index is 13.5. The van der Waals surface area contributed by atoms with Gasteiger partial charge in [0.2, 0.25) is 0 Å². The third-order valence-corrected chi connectivity index (χ3v) is 4.72. The van der Waals surface area contributed by atoms with Crippen LogP contribution in [0.2, 0.25) is 0 Å². The van der Waals surface area contributed by atoms with E-state index in [4.69, 9.17) is 9.84 Å². The Morgan fingerprint density at radius 1 is 1.30 bits per heavy atom. The van der Waals surface area contributed by atoms with Crippen LogP contribution in [-0.2, 0) is 14.3 Å². The summed E-state index contributed by atoms with van der Waals surface area (Å²) in [5, 5.41) is 19.3. The second-order valence-electron chi connectivity index (χ2n) is 6.59. The lowest BCUT2D eigenvalue weighted by atomic mass is 9.89. The molecule has 0 bridgehead atoms. The Labute approximate surface area is 156 Å². The maximum atomic E-state index is 13.5. The van der Waals surface area contributed by atoms with Crippen LogP contribution >= 0.6 is 0 Å². The number of alkyl halides is 1. The average molecular weight is 378 g/mol. The smallest absolute Gasteiger partial charge is 0.338 e. The minimum atomic E-state index is -1.64. The number of benzene rings is 1. The van der Waals surface area contributed by atoms with E-state index in [9.17, 15) is 23.9 Å². The zero-order chi connectivity index (χ0) is 20.0. The summed E-state index contributed by atoms with van der Waals surface area (Å²) in [7, 11) is 0. The molecule has 0 aliphatic heterocycles. The number of aliphatic hydroxyl groups excluding tert-OH is 1. The third-order valence-electron chi connectivity index (χ3n) is 4.72. The van der Waals surface area contributed by atoms with Crippen molar-refractivity contribution in [1.29, 1.82) is 0 Å². The van der Waals surface area contributed by atoms with Crippen LogP contribution in [-0.4, -0.2) is 46.3 Å². The molecule has 0 amide bonds. The van der Waals surface area contributed by atoms with Crippen molar-refractivity contribution in [2.24, 2.45) is 11.8 Å². The fourth-order valence-electron chi connectivity index (χ4n) is 3.26. The molecule has 1 aromatic rings. The molecule has 7 heteroatoms. The number of carboxylic acids is 1. The molecule has 2 rings (SSSR count).